The van der Waals surface area contributed by atoms with Crippen LogP contribution in [0.3, 0.4) is 0 Å². The summed E-state index contributed by atoms with van der Waals surface area (Å²) in [6, 6.07) is 0.287. The van der Waals surface area contributed by atoms with Crippen LogP contribution in [0.5, 0.6) is 0 Å². The molecule has 5 heteroatoms. The largest absolute Gasteiger partial charge is 0.380 e. The van der Waals surface area contributed by atoms with E-state index >= 15 is 0 Å². The van der Waals surface area contributed by atoms with Crippen molar-refractivity contribution >= 4 is 9.84 Å². The van der Waals surface area contributed by atoms with Crippen LogP contribution in [0.2, 0.25) is 0 Å². The van der Waals surface area contributed by atoms with Crippen LogP contribution in [0.1, 0.15) is 39.5 Å². The van der Waals surface area contributed by atoms with Gasteiger partial charge in [-0.05, 0) is 26.7 Å². The van der Waals surface area contributed by atoms with Crippen LogP contribution < -0.4 is 5.32 Å². The van der Waals surface area contributed by atoms with Crippen LogP contribution in [0.25, 0.3) is 0 Å². The second-order valence-electron chi connectivity index (χ2n) is 5.58. The molecule has 0 amide bonds. The predicted molar refractivity (Wildman–Crippen MR) is 70.0 cm³/mol. The molecule has 2 unspecified atom stereocenters. The lowest BCUT2D eigenvalue weighted by Crippen LogP contribution is -2.50. The first-order chi connectivity index (χ1) is 7.78. The van der Waals surface area contributed by atoms with Gasteiger partial charge in [0.05, 0.1) is 10.9 Å². The SMILES string of the molecule is COC1CCCCC1NCC(C)(C)S(C)(=O)=O. The molecule has 0 radical (unpaired) electrons. The Hall–Kier alpha value is -0.130. The Morgan fingerprint density at radius 1 is 1.29 bits per heavy atom. The van der Waals surface area contributed by atoms with Crippen molar-refractivity contribution in [3.63, 3.8) is 0 Å². The summed E-state index contributed by atoms with van der Waals surface area (Å²) in [5.74, 6) is 0. The highest BCUT2D eigenvalue weighted by Gasteiger charge is 2.32. The highest BCUT2D eigenvalue weighted by atomic mass is 32.2. The van der Waals surface area contributed by atoms with Gasteiger partial charge in [-0.1, -0.05) is 12.8 Å². The zero-order chi connectivity index (χ0) is 13.1. The molecule has 1 fully saturated rings. The molecular formula is C12H25NO3S. The summed E-state index contributed by atoms with van der Waals surface area (Å²) in [6.07, 6.45) is 6.04. The van der Waals surface area contributed by atoms with Crippen LogP contribution >= 0.6 is 0 Å². The third-order valence-corrected chi connectivity index (χ3v) is 5.95. The summed E-state index contributed by atoms with van der Waals surface area (Å²) in [5, 5.41) is 3.37. The second kappa shape index (κ2) is 5.67. The fraction of sp³-hybridized carbons (Fsp3) is 1.00. The van der Waals surface area contributed by atoms with Crippen LogP contribution in [-0.4, -0.2) is 45.2 Å². The van der Waals surface area contributed by atoms with E-state index in [4.69, 9.17) is 4.74 Å². The Balaban J connectivity index is 2.54. The van der Waals surface area contributed by atoms with Crippen molar-refractivity contribution in [3.8, 4) is 0 Å². The Labute approximate surface area is 105 Å². The third-order valence-electron chi connectivity index (χ3n) is 3.80. The van der Waals surface area contributed by atoms with Crippen LogP contribution in [0.4, 0.5) is 0 Å². The topological polar surface area (TPSA) is 55.4 Å². The van der Waals surface area contributed by atoms with E-state index in [9.17, 15) is 8.42 Å². The lowest BCUT2D eigenvalue weighted by molar-refractivity contribution is 0.0413. The van der Waals surface area contributed by atoms with Gasteiger partial charge in [-0.2, -0.15) is 0 Å². The molecule has 17 heavy (non-hydrogen) atoms. The highest BCUT2D eigenvalue weighted by Crippen LogP contribution is 2.22. The van der Waals surface area contributed by atoms with Crippen LogP contribution in [0.15, 0.2) is 0 Å². The van der Waals surface area contributed by atoms with E-state index in [0.717, 1.165) is 12.8 Å². The Kier molecular flexibility index (Phi) is 4.98. The molecule has 0 heterocycles. The van der Waals surface area contributed by atoms with Crippen molar-refractivity contribution in [2.75, 3.05) is 19.9 Å². The number of nitrogens with one attached hydrogen (secondary N) is 1. The molecular weight excluding hydrogens is 238 g/mol. The van der Waals surface area contributed by atoms with Crippen molar-refractivity contribution in [1.82, 2.24) is 5.32 Å². The van der Waals surface area contributed by atoms with Crippen molar-refractivity contribution in [2.24, 2.45) is 0 Å². The van der Waals surface area contributed by atoms with Crippen LogP contribution in [-0.2, 0) is 14.6 Å². The van der Waals surface area contributed by atoms with Crippen molar-refractivity contribution in [3.05, 3.63) is 0 Å². The molecule has 0 saturated heterocycles. The molecule has 1 saturated carbocycles. The maximum Gasteiger partial charge on any atom is 0.153 e. The smallest absolute Gasteiger partial charge is 0.153 e. The summed E-state index contributed by atoms with van der Waals surface area (Å²) >= 11 is 0. The first kappa shape index (κ1) is 14.9. The highest BCUT2D eigenvalue weighted by molar-refractivity contribution is 7.92. The molecule has 1 aliphatic carbocycles. The lowest BCUT2D eigenvalue weighted by atomic mass is 9.92. The maximum atomic E-state index is 11.6. The maximum absolute atomic E-state index is 11.6. The normalized spacial score (nSPS) is 27.1. The molecule has 102 valence electrons. The van der Waals surface area contributed by atoms with Gasteiger partial charge in [0.25, 0.3) is 0 Å². The van der Waals surface area contributed by atoms with Gasteiger partial charge >= 0.3 is 0 Å². The van der Waals surface area contributed by atoms with E-state index in [0.29, 0.717) is 6.54 Å². The first-order valence-electron chi connectivity index (χ1n) is 6.24. The van der Waals surface area contributed by atoms with Gasteiger partial charge in [0.15, 0.2) is 9.84 Å². The van der Waals surface area contributed by atoms with E-state index in [1.165, 1.54) is 19.1 Å². The summed E-state index contributed by atoms with van der Waals surface area (Å²) < 4.78 is 27.9. The number of rotatable bonds is 5. The molecule has 0 spiro atoms. The molecule has 0 aromatic rings. The fourth-order valence-corrected chi connectivity index (χ4v) is 2.47. The van der Waals surface area contributed by atoms with Gasteiger partial charge in [0.2, 0.25) is 0 Å². The van der Waals surface area contributed by atoms with Gasteiger partial charge < -0.3 is 10.1 Å². The zero-order valence-corrected chi connectivity index (χ0v) is 12.1. The third kappa shape index (κ3) is 3.93. The van der Waals surface area contributed by atoms with Gasteiger partial charge in [-0.15, -0.1) is 0 Å². The number of sulfone groups is 1. The Bertz CT molecular complexity index is 338. The summed E-state index contributed by atoms with van der Waals surface area (Å²) in [4.78, 5) is 0. The number of hydrogen-bond acceptors (Lipinski definition) is 4. The summed E-state index contributed by atoms with van der Waals surface area (Å²) in [6.45, 7) is 4.01. The van der Waals surface area contributed by atoms with Crippen LogP contribution in [0, 0.1) is 0 Å². The number of ether oxygens (including phenoxy) is 1. The van der Waals surface area contributed by atoms with Gasteiger partial charge in [0, 0.05) is 26.0 Å². The number of hydrogen-bond donors (Lipinski definition) is 1. The molecule has 0 bridgehead atoms. The summed E-state index contributed by atoms with van der Waals surface area (Å²) in [5.41, 5.74) is 0. The molecule has 1 rings (SSSR count). The fourth-order valence-electron chi connectivity index (χ4n) is 2.12. The van der Waals surface area contributed by atoms with Gasteiger partial charge in [0.1, 0.15) is 0 Å². The Morgan fingerprint density at radius 3 is 2.41 bits per heavy atom. The van der Waals surface area contributed by atoms with E-state index in [1.807, 2.05) is 0 Å². The molecule has 4 nitrogen and oxygen atoms in total. The molecule has 0 aromatic carbocycles. The van der Waals surface area contributed by atoms with Crippen molar-refractivity contribution < 1.29 is 13.2 Å². The second-order valence-corrected chi connectivity index (χ2v) is 8.23. The zero-order valence-electron chi connectivity index (χ0n) is 11.3. The minimum atomic E-state index is -3.03. The molecule has 0 aliphatic heterocycles. The minimum Gasteiger partial charge on any atom is -0.380 e. The van der Waals surface area contributed by atoms with Crippen molar-refractivity contribution in [1.29, 1.82) is 0 Å². The molecule has 2 atom stereocenters. The average molecular weight is 263 g/mol. The average Bonchev–Trinajstić information content (AvgIpc) is 2.25. The van der Waals surface area contributed by atoms with E-state index in [-0.39, 0.29) is 12.1 Å². The van der Waals surface area contributed by atoms with Gasteiger partial charge in [-0.3, -0.25) is 0 Å². The minimum absolute atomic E-state index is 0.221. The Morgan fingerprint density at radius 2 is 1.88 bits per heavy atom. The first-order valence-corrected chi connectivity index (χ1v) is 8.13. The monoisotopic (exact) mass is 263 g/mol. The van der Waals surface area contributed by atoms with Crippen molar-refractivity contribution in [2.45, 2.75) is 56.4 Å². The molecule has 1 aliphatic rings. The van der Waals surface area contributed by atoms with E-state index in [2.05, 4.69) is 5.32 Å². The number of methoxy groups -OCH3 is 1. The van der Waals surface area contributed by atoms with Gasteiger partial charge in [-0.25, -0.2) is 8.42 Å². The molecule has 1 N–H and O–H groups in total. The lowest BCUT2D eigenvalue weighted by Gasteiger charge is -2.34. The molecule has 0 aromatic heterocycles. The van der Waals surface area contributed by atoms with E-state index in [1.54, 1.807) is 21.0 Å². The predicted octanol–water partition coefficient (Wildman–Crippen LogP) is 1.36. The van der Waals surface area contributed by atoms with E-state index < -0.39 is 14.6 Å². The standard InChI is InChI=1S/C12H25NO3S/c1-12(2,17(4,14)15)9-13-10-7-5-6-8-11(10)16-3/h10-11,13H,5-9H2,1-4H3. The summed E-state index contributed by atoms with van der Waals surface area (Å²) in [7, 11) is -1.30. The quantitative estimate of drug-likeness (QED) is 0.813.